The Balaban J connectivity index is 4.18. The van der Waals surface area contributed by atoms with Crippen molar-refractivity contribution in [3.8, 4) is 0 Å². The molecule has 0 fully saturated rings. The maximum atomic E-state index is 11.7. The number of hydrogen-bond donors (Lipinski definition) is 0. The molecule has 4 nitrogen and oxygen atoms in total. The van der Waals surface area contributed by atoms with Gasteiger partial charge in [-0.2, -0.15) is 0 Å². The van der Waals surface area contributed by atoms with Crippen molar-refractivity contribution < 1.29 is 19.1 Å². The van der Waals surface area contributed by atoms with Gasteiger partial charge < -0.3 is 9.47 Å². The molecule has 5 heteroatoms. The summed E-state index contributed by atoms with van der Waals surface area (Å²) in [6, 6.07) is 0. The van der Waals surface area contributed by atoms with Crippen molar-refractivity contribution in [3.63, 3.8) is 0 Å². The van der Waals surface area contributed by atoms with E-state index in [1.165, 1.54) is 19.8 Å². The number of carbonyl (C=O) groups is 2. The SMILES string of the molecule is CCCCCCC[C@@H](Cl)[C@H](OC(C)=O)C(=O)OCC. The van der Waals surface area contributed by atoms with Crippen molar-refractivity contribution in [2.45, 2.75) is 70.8 Å². The van der Waals surface area contributed by atoms with Gasteiger partial charge in [-0.25, -0.2) is 4.79 Å². The number of unbranched alkanes of at least 4 members (excludes halogenated alkanes) is 4. The largest absolute Gasteiger partial charge is 0.463 e. The lowest BCUT2D eigenvalue weighted by atomic mass is 10.1. The summed E-state index contributed by atoms with van der Waals surface area (Å²) in [7, 11) is 0. The van der Waals surface area contributed by atoms with Gasteiger partial charge in [-0.3, -0.25) is 4.79 Å². The molecule has 2 atom stereocenters. The Hall–Kier alpha value is -0.770. The summed E-state index contributed by atoms with van der Waals surface area (Å²) in [5.74, 6) is -1.08. The van der Waals surface area contributed by atoms with E-state index in [4.69, 9.17) is 21.1 Å². The minimum absolute atomic E-state index is 0.247. The van der Waals surface area contributed by atoms with Crippen LogP contribution in [0.15, 0.2) is 0 Å². The first-order valence-electron chi connectivity index (χ1n) is 7.00. The van der Waals surface area contributed by atoms with Crippen LogP contribution in [0.4, 0.5) is 0 Å². The second-order valence-electron chi connectivity index (χ2n) is 4.50. The third-order valence-corrected chi connectivity index (χ3v) is 3.17. The quantitative estimate of drug-likeness (QED) is 0.351. The summed E-state index contributed by atoms with van der Waals surface area (Å²) in [5.41, 5.74) is 0. The standard InChI is InChI=1S/C14H25ClO4/c1-4-6-7-8-9-10-12(15)13(19-11(3)16)14(17)18-5-2/h12-13H,4-10H2,1-3H3/t12-,13+/m1/s1. The van der Waals surface area contributed by atoms with Crippen LogP contribution in [-0.2, 0) is 19.1 Å². The molecule has 112 valence electrons. The maximum Gasteiger partial charge on any atom is 0.349 e. The number of halogens is 1. The third kappa shape index (κ3) is 8.87. The van der Waals surface area contributed by atoms with Crippen LogP contribution in [0.1, 0.15) is 59.3 Å². The molecule has 19 heavy (non-hydrogen) atoms. The Kier molecular flexibility index (Phi) is 10.6. The fraction of sp³-hybridized carbons (Fsp3) is 0.857. The zero-order valence-electron chi connectivity index (χ0n) is 12.1. The van der Waals surface area contributed by atoms with Gasteiger partial charge in [0.05, 0.1) is 12.0 Å². The zero-order valence-corrected chi connectivity index (χ0v) is 12.9. The van der Waals surface area contributed by atoms with E-state index in [9.17, 15) is 9.59 Å². The molecule has 0 unspecified atom stereocenters. The van der Waals surface area contributed by atoms with Crippen LogP contribution in [0.5, 0.6) is 0 Å². The van der Waals surface area contributed by atoms with Gasteiger partial charge in [-0.1, -0.05) is 39.0 Å². The molecule has 0 aliphatic rings. The van der Waals surface area contributed by atoms with Crippen molar-refractivity contribution in [1.29, 1.82) is 0 Å². The first-order chi connectivity index (χ1) is 9.02. The van der Waals surface area contributed by atoms with Crippen LogP contribution in [-0.4, -0.2) is 30.0 Å². The van der Waals surface area contributed by atoms with Gasteiger partial charge in [0.15, 0.2) is 0 Å². The van der Waals surface area contributed by atoms with Crippen molar-refractivity contribution in [1.82, 2.24) is 0 Å². The lowest BCUT2D eigenvalue weighted by Gasteiger charge is -2.20. The average Bonchev–Trinajstić information content (AvgIpc) is 2.35. The fourth-order valence-corrected chi connectivity index (χ4v) is 2.08. The monoisotopic (exact) mass is 292 g/mol. The van der Waals surface area contributed by atoms with E-state index in [1.54, 1.807) is 6.92 Å². The smallest absolute Gasteiger partial charge is 0.349 e. The fourth-order valence-electron chi connectivity index (χ4n) is 1.77. The van der Waals surface area contributed by atoms with Crippen molar-refractivity contribution in [2.75, 3.05) is 6.61 Å². The van der Waals surface area contributed by atoms with Gasteiger partial charge in [-0.15, -0.1) is 11.6 Å². The second kappa shape index (κ2) is 11.1. The lowest BCUT2D eigenvalue weighted by Crippen LogP contribution is -2.36. The molecule has 0 bridgehead atoms. The van der Waals surface area contributed by atoms with Crippen molar-refractivity contribution in [3.05, 3.63) is 0 Å². The molecule has 0 radical (unpaired) electrons. The van der Waals surface area contributed by atoms with Gasteiger partial charge in [0.2, 0.25) is 6.10 Å². The Bertz CT molecular complexity index is 268. The molecule has 0 saturated carbocycles. The van der Waals surface area contributed by atoms with Gasteiger partial charge >= 0.3 is 11.9 Å². The summed E-state index contributed by atoms with van der Waals surface area (Å²) >= 11 is 6.16. The van der Waals surface area contributed by atoms with Crippen LogP contribution in [0.25, 0.3) is 0 Å². The predicted octanol–water partition coefficient (Wildman–Crippen LogP) is 3.45. The number of carbonyl (C=O) groups excluding carboxylic acids is 2. The molecular weight excluding hydrogens is 268 g/mol. The molecule has 0 heterocycles. The summed E-state index contributed by atoms with van der Waals surface area (Å²) in [4.78, 5) is 22.7. The predicted molar refractivity (Wildman–Crippen MR) is 75.2 cm³/mol. The molecule has 0 aromatic rings. The minimum Gasteiger partial charge on any atom is -0.463 e. The maximum absolute atomic E-state index is 11.7. The summed E-state index contributed by atoms with van der Waals surface area (Å²) in [5, 5.41) is -0.524. The van der Waals surface area contributed by atoms with E-state index in [0.29, 0.717) is 6.42 Å². The highest BCUT2D eigenvalue weighted by Gasteiger charge is 2.30. The van der Waals surface area contributed by atoms with Crippen molar-refractivity contribution in [2.24, 2.45) is 0 Å². The zero-order chi connectivity index (χ0) is 14.7. The van der Waals surface area contributed by atoms with Gasteiger partial charge in [0.1, 0.15) is 0 Å². The molecule has 0 saturated heterocycles. The third-order valence-electron chi connectivity index (χ3n) is 2.72. The minimum atomic E-state index is -0.995. The highest BCUT2D eigenvalue weighted by molar-refractivity contribution is 6.22. The molecule has 0 rings (SSSR count). The van der Waals surface area contributed by atoms with E-state index in [2.05, 4.69) is 6.92 Å². The first-order valence-corrected chi connectivity index (χ1v) is 7.44. The van der Waals surface area contributed by atoms with Crippen LogP contribution in [0, 0.1) is 0 Å². The number of hydrogen-bond acceptors (Lipinski definition) is 4. The number of esters is 2. The number of rotatable bonds is 10. The van der Waals surface area contributed by atoms with E-state index < -0.39 is 23.4 Å². The highest BCUT2D eigenvalue weighted by Crippen LogP contribution is 2.18. The molecule has 0 aliphatic carbocycles. The summed E-state index contributed by atoms with van der Waals surface area (Å²) < 4.78 is 9.83. The topological polar surface area (TPSA) is 52.6 Å². The Morgan fingerprint density at radius 3 is 2.26 bits per heavy atom. The Morgan fingerprint density at radius 2 is 1.74 bits per heavy atom. The van der Waals surface area contributed by atoms with Crippen LogP contribution < -0.4 is 0 Å². The second-order valence-corrected chi connectivity index (χ2v) is 5.06. The van der Waals surface area contributed by atoms with Gasteiger partial charge in [0.25, 0.3) is 0 Å². The molecule has 0 amide bonds. The van der Waals surface area contributed by atoms with E-state index in [0.717, 1.165) is 19.3 Å². The van der Waals surface area contributed by atoms with E-state index >= 15 is 0 Å². The number of ether oxygens (including phenoxy) is 2. The molecule has 0 N–H and O–H groups in total. The lowest BCUT2D eigenvalue weighted by molar-refractivity contribution is -0.166. The normalized spacial score (nSPS) is 13.7. The molecule has 0 spiro atoms. The molecular formula is C14H25ClO4. The van der Waals surface area contributed by atoms with E-state index in [-0.39, 0.29) is 6.61 Å². The van der Waals surface area contributed by atoms with Crippen LogP contribution in [0.3, 0.4) is 0 Å². The van der Waals surface area contributed by atoms with Gasteiger partial charge in [0, 0.05) is 6.92 Å². The molecule has 0 aliphatic heterocycles. The van der Waals surface area contributed by atoms with Crippen LogP contribution >= 0.6 is 11.6 Å². The van der Waals surface area contributed by atoms with Crippen LogP contribution in [0.2, 0.25) is 0 Å². The van der Waals surface area contributed by atoms with E-state index in [1.807, 2.05) is 0 Å². The Labute approximate surface area is 120 Å². The summed E-state index contributed by atoms with van der Waals surface area (Å²) in [6.45, 7) is 5.37. The average molecular weight is 293 g/mol. The Morgan fingerprint density at radius 1 is 1.11 bits per heavy atom. The number of alkyl halides is 1. The van der Waals surface area contributed by atoms with Gasteiger partial charge in [-0.05, 0) is 13.3 Å². The molecule has 0 aromatic heterocycles. The first kappa shape index (κ1) is 18.2. The summed E-state index contributed by atoms with van der Waals surface area (Å²) in [6.07, 6.45) is 5.20. The highest BCUT2D eigenvalue weighted by atomic mass is 35.5. The van der Waals surface area contributed by atoms with Crippen molar-refractivity contribution >= 4 is 23.5 Å². The molecule has 0 aromatic carbocycles.